The number of rotatable bonds is 10. The second-order valence-electron chi connectivity index (χ2n) is 10.4. The molecular formula is C29H38ClN3O3. The van der Waals surface area contributed by atoms with Gasteiger partial charge in [0.1, 0.15) is 11.6 Å². The van der Waals surface area contributed by atoms with Crippen LogP contribution in [-0.4, -0.2) is 26.8 Å². The summed E-state index contributed by atoms with van der Waals surface area (Å²) in [4.78, 5) is 34.1. The molecule has 1 aliphatic rings. The van der Waals surface area contributed by atoms with E-state index in [1.807, 2.05) is 45.9 Å². The molecule has 7 heteroatoms. The molecule has 1 aliphatic carbocycles. The molecule has 194 valence electrons. The quantitative estimate of drug-likeness (QED) is 0.368. The molecule has 6 nitrogen and oxygen atoms in total. The van der Waals surface area contributed by atoms with Crippen molar-refractivity contribution in [2.45, 2.75) is 84.5 Å². The lowest BCUT2D eigenvalue weighted by atomic mass is 9.61. The first-order valence-electron chi connectivity index (χ1n) is 12.8. The normalized spacial score (nSPS) is 19.5. The van der Waals surface area contributed by atoms with Gasteiger partial charge in [-0.2, -0.15) is 0 Å². The largest absolute Gasteiger partial charge is 0.481 e. The van der Waals surface area contributed by atoms with E-state index in [4.69, 9.17) is 27.4 Å². The fourth-order valence-corrected chi connectivity index (χ4v) is 6.10. The lowest BCUT2D eigenvalue weighted by Gasteiger charge is -2.42. The maximum Gasteiger partial charge on any atom is 0.303 e. The minimum Gasteiger partial charge on any atom is -0.481 e. The molecule has 1 heterocycles. The molecule has 1 unspecified atom stereocenters. The molecule has 0 aliphatic heterocycles. The van der Waals surface area contributed by atoms with Gasteiger partial charge in [-0.25, -0.2) is 9.97 Å². The molecule has 0 spiro atoms. The number of anilines is 1. The third-order valence-electron chi connectivity index (χ3n) is 7.91. The van der Waals surface area contributed by atoms with Crippen molar-refractivity contribution in [2.75, 3.05) is 5.73 Å². The number of hydrogen-bond acceptors (Lipinski definition) is 5. The first-order valence-corrected chi connectivity index (χ1v) is 13.2. The maximum absolute atomic E-state index is 13.7. The van der Waals surface area contributed by atoms with Crippen LogP contribution in [0, 0.1) is 25.7 Å². The summed E-state index contributed by atoms with van der Waals surface area (Å²) in [6, 6.07) is 5.59. The Labute approximate surface area is 219 Å². The molecule has 0 amide bonds. The second kappa shape index (κ2) is 11.5. The van der Waals surface area contributed by atoms with Crippen LogP contribution >= 0.6 is 11.6 Å². The molecular weight excluding hydrogens is 474 g/mol. The molecule has 1 atom stereocenters. The fourth-order valence-electron chi connectivity index (χ4n) is 5.87. The molecule has 0 saturated heterocycles. The molecule has 1 aromatic heterocycles. The van der Waals surface area contributed by atoms with Gasteiger partial charge in [0, 0.05) is 34.7 Å². The number of benzene rings is 1. The predicted octanol–water partition coefficient (Wildman–Crippen LogP) is 6.69. The average Bonchev–Trinajstić information content (AvgIpc) is 2.82. The first-order chi connectivity index (χ1) is 17.0. The Bertz CT molecular complexity index is 1130. The van der Waals surface area contributed by atoms with Crippen molar-refractivity contribution in [1.82, 2.24) is 9.97 Å². The Hall–Kier alpha value is -2.73. The summed E-state index contributed by atoms with van der Waals surface area (Å²) in [5.74, 6) is 0.668. The van der Waals surface area contributed by atoms with Crippen molar-refractivity contribution < 1.29 is 14.7 Å². The Morgan fingerprint density at radius 3 is 2.39 bits per heavy atom. The standard InChI is InChI=1S/C29H38ClN3O3/c1-6-7-24(34)29(5,21-11-8-20(9-12-21)10-15-25(35)36)26-19(4)32-28(33-27(26)31)18(3)23-14-13-22(30)16-17(23)2/h13-14,16,20-21H,3,6-12,15H2,1-2,4-5H3,(H,35,36)(H2,31,32,33). The number of aryl methyl sites for hydroxylation is 2. The smallest absolute Gasteiger partial charge is 0.303 e. The van der Waals surface area contributed by atoms with Crippen LogP contribution < -0.4 is 5.73 Å². The summed E-state index contributed by atoms with van der Waals surface area (Å²) in [6.45, 7) is 12.1. The van der Waals surface area contributed by atoms with E-state index < -0.39 is 11.4 Å². The highest BCUT2D eigenvalue weighted by Crippen LogP contribution is 2.47. The van der Waals surface area contributed by atoms with Gasteiger partial charge in [-0.1, -0.05) is 44.0 Å². The number of nitrogen functional groups attached to an aromatic ring is 1. The number of nitrogens with zero attached hydrogens (tertiary/aromatic N) is 2. The van der Waals surface area contributed by atoms with E-state index >= 15 is 0 Å². The molecule has 36 heavy (non-hydrogen) atoms. The third kappa shape index (κ3) is 5.80. The summed E-state index contributed by atoms with van der Waals surface area (Å²) in [7, 11) is 0. The van der Waals surface area contributed by atoms with Crippen LogP contribution in [0.3, 0.4) is 0 Å². The Kier molecular flexibility index (Phi) is 8.93. The number of carbonyl (C=O) groups is 2. The first kappa shape index (κ1) is 27.9. The van der Waals surface area contributed by atoms with Gasteiger partial charge in [0.05, 0.1) is 5.41 Å². The van der Waals surface area contributed by atoms with E-state index in [0.717, 1.165) is 48.8 Å². The Morgan fingerprint density at radius 2 is 1.83 bits per heavy atom. The fraction of sp³-hybridized carbons (Fsp3) is 0.517. The zero-order chi connectivity index (χ0) is 26.6. The predicted molar refractivity (Wildman–Crippen MR) is 145 cm³/mol. The number of carboxylic acid groups (broad SMARTS) is 1. The van der Waals surface area contributed by atoms with Gasteiger partial charge in [0.2, 0.25) is 0 Å². The Balaban J connectivity index is 1.96. The van der Waals surface area contributed by atoms with E-state index in [9.17, 15) is 9.59 Å². The monoisotopic (exact) mass is 511 g/mol. The van der Waals surface area contributed by atoms with Crippen LogP contribution in [0.25, 0.3) is 5.57 Å². The highest BCUT2D eigenvalue weighted by Gasteiger charge is 2.46. The molecule has 1 aromatic carbocycles. The summed E-state index contributed by atoms with van der Waals surface area (Å²) < 4.78 is 0. The third-order valence-corrected chi connectivity index (χ3v) is 8.14. The van der Waals surface area contributed by atoms with Crippen LogP contribution in [0.15, 0.2) is 24.8 Å². The van der Waals surface area contributed by atoms with Crippen molar-refractivity contribution in [3.05, 3.63) is 58.0 Å². The maximum atomic E-state index is 13.7. The van der Waals surface area contributed by atoms with E-state index in [0.29, 0.717) is 46.7 Å². The van der Waals surface area contributed by atoms with Gasteiger partial charge in [-0.3, -0.25) is 9.59 Å². The van der Waals surface area contributed by atoms with E-state index in [1.165, 1.54) is 0 Å². The van der Waals surface area contributed by atoms with Crippen molar-refractivity contribution >= 4 is 34.7 Å². The molecule has 2 aromatic rings. The van der Waals surface area contributed by atoms with E-state index in [2.05, 4.69) is 11.6 Å². The van der Waals surface area contributed by atoms with Crippen molar-refractivity contribution in [2.24, 2.45) is 11.8 Å². The van der Waals surface area contributed by atoms with Crippen LogP contribution in [0.5, 0.6) is 0 Å². The van der Waals surface area contributed by atoms with Gasteiger partial charge < -0.3 is 10.8 Å². The molecule has 0 bridgehead atoms. The lowest BCUT2D eigenvalue weighted by molar-refractivity contribution is -0.137. The topological polar surface area (TPSA) is 106 Å². The number of ketones is 1. The molecule has 1 saturated carbocycles. The number of nitrogens with two attached hydrogens (primary N) is 1. The van der Waals surface area contributed by atoms with Crippen LogP contribution in [0.1, 0.15) is 93.4 Å². The number of Topliss-reactive ketones (excluding diaryl/α,β-unsaturated/α-hetero) is 1. The Morgan fingerprint density at radius 1 is 1.17 bits per heavy atom. The summed E-state index contributed by atoms with van der Waals surface area (Å²) in [5, 5.41) is 9.70. The van der Waals surface area contributed by atoms with Crippen LogP contribution in [-0.2, 0) is 15.0 Å². The number of aliphatic carboxylic acids is 1. The lowest BCUT2D eigenvalue weighted by Crippen LogP contribution is -2.43. The number of halogens is 1. The molecule has 0 radical (unpaired) electrons. The SMILES string of the molecule is C=C(c1nc(C)c(C(C)(C(=O)CCC)C2CCC(CCC(=O)O)CC2)c(N)n1)c1ccc(Cl)cc1C. The number of aromatic nitrogens is 2. The van der Waals surface area contributed by atoms with Crippen molar-refractivity contribution in [3.8, 4) is 0 Å². The number of carbonyl (C=O) groups excluding carboxylic acids is 1. The van der Waals surface area contributed by atoms with Gasteiger partial charge in [-0.05, 0) is 81.5 Å². The van der Waals surface area contributed by atoms with Gasteiger partial charge in [0.15, 0.2) is 5.82 Å². The summed E-state index contributed by atoms with van der Waals surface area (Å²) >= 11 is 6.12. The minimum absolute atomic E-state index is 0.106. The highest BCUT2D eigenvalue weighted by atomic mass is 35.5. The van der Waals surface area contributed by atoms with Crippen LogP contribution in [0.2, 0.25) is 5.02 Å². The van der Waals surface area contributed by atoms with Crippen LogP contribution in [0.4, 0.5) is 5.82 Å². The zero-order valence-corrected chi connectivity index (χ0v) is 22.6. The molecule has 3 N–H and O–H groups in total. The minimum atomic E-state index is -0.794. The highest BCUT2D eigenvalue weighted by molar-refractivity contribution is 6.30. The average molecular weight is 512 g/mol. The van der Waals surface area contributed by atoms with E-state index in [1.54, 1.807) is 0 Å². The van der Waals surface area contributed by atoms with Gasteiger partial charge >= 0.3 is 5.97 Å². The number of hydrogen-bond donors (Lipinski definition) is 2. The number of carboxylic acids is 1. The molecule has 3 rings (SSSR count). The molecule has 1 fully saturated rings. The zero-order valence-electron chi connectivity index (χ0n) is 21.9. The van der Waals surface area contributed by atoms with Crippen molar-refractivity contribution in [3.63, 3.8) is 0 Å². The van der Waals surface area contributed by atoms with Crippen molar-refractivity contribution in [1.29, 1.82) is 0 Å². The van der Waals surface area contributed by atoms with Gasteiger partial charge in [0.25, 0.3) is 0 Å². The summed E-state index contributed by atoms with van der Waals surface area (Å²) in [6.07, 6.45) is 5.64. The van der Waals surface area contributed by atoms with E-state index in [-0.39, 0.29) is 18.1 Å². The van der Waals surface area contributed by atoms with Gasteiger partial charge in [-0.15, -0.1) is 0 Å². The summed E-state index contributed by atoms with van der Waals surface area (Å²) in [5.41, 5.74) is 9.76. The second-order valence-corrected chi connectivity index (χ2v) is 10.8.